The maximum Gasteiger partial charge on any atom is 0.269 e. The first-order valence-electron chi connectivity index (χ1n) is 3.55. The largest absolute Gasteiger partial charge is 0.495 e. The average Bonchev–Trinajstić information content (AvgIpc) is 2.07. The van der Waals surface area contributed by atoms with E-state index in [1.807, 2.05) is 0 Å². The average molecular weight is 208 g/mol. The topological polar surface area (TPSA) is 22.1 Å². The lowest BCUT2D eigenvalue weighted by molar-refractivity contribution is 0.145. The number of hydrogen-bond donors (Lipinski definition) is 0. The van der Waals surface area contributed by atoms with Crippen molar-refractivity contribution < 1.29 is 13.5 Å². The molecule has 2 nitrogen and oxygen atoms in total. The number of hydrogen-bond acceptors (Lipinski definition) is 2. The van der Waals surface area contributed by atoms with Crippen molar-refractivity contribution in [3.63, 3.8) is 0 Å². The van der Waals surface area contributed by atoms with Gasteiger partial charge in [0.1, 0.15) is 10.8 Å². The molecule has 0 unspecified atom stereocenters. The van der Waals surface area contributed by atoms with E-state index >= 15 is 0 Å². The summed E-state index contributed by atoms with van der Waals surface area (Å²) >= 11 is 5.62. The first-order chi connectivity index (χ1) is 6.07. The third kappa shape index (κ3) is 1.88. The van der Waals surface area contributed by atoms with Crippen molar-refractivity contribution in [1.29, 1.82) is 0 Å². The molecule has 0 aliphatic rings. The Kier molecular flexibility index (Phi) is 3.03. The van der Waals surface area contributed by atoms with Crippen LogP contribution in [0.2, 0.25) is 5.02 Å². The lowest BCUT2D eigenvalue weighted by Gasteiger charge is -2.10. The maximum atomic E-state index is 12.5. The van der Waals surface area contributed by atoms with Crippen molar-refractivity contribution in [2.75, 3.05) is 7.11 Å². The van der Waals surface area contributed by atoms with E-state index < -0.39 is 6.43 Å². The van der Waals surface area contributed by atoms with Gasteiger partial charge in [0.05, 0.1) is 12.7 Å². The lowest BCUT2D eigenvalue weighted by atomic mass is 10.2. The first kappa shape index (κ1) is 10.2. The number of ether oxygens (including phenoxy) is 1. The second kappa shape index (κ2) is 3.87. The summed E-state index contributed by atoms with van der Waals surface area (Å²) in [7, 11) is 1.30. The zero-order valence-electron chi connectivity index (χ0n) is 7.14. The lowest BCUT2D eigenvalue weighted by Crippen LogP contribution is -1.98. The molecule has 0 N–H and O–H groups in total. The second-order valence-corrected chi connectivity index (χ2v) is 2.85. The minimum atomic E-state index is -2.62. The molecule has 0 aromatic carbocycles. The van der Waals surface area contributed by atoms with Gasteiger partial charge >= 0.3 is 0 Å². The summed E-state index contributed by atoms with van der Waals surface area (Å²) in [5.74, 6) is 0.00386. The van der Waals surface area contributed by atoms with Crippen molar-refractivity contribution in [3.8, 4) is 5.75 Å². The van der Waals surface area contributed by atoms with E-state index in [9.17, 15) is 8.78 Å². The summed E-state index contributed by atoms with van der Waals surface area (Å²) in [6.07, 6.45) is -1.33. The molecule has 0 atom stereocenters. The molecule has 5 heteroatoms. The molecule has 0 bridgehead atoms. The highest BCUT2D eigenvalue weighted by Crippen LogP contribution is 2.35. The van der Waals surface area contributed by atoms with Gasteiger partial charge in [-0.25, -0.2) is 8.78 Å². The van der Waals surface area contributed by atoms with Crippen LogP contribution in [0.5, 0.6) is 5.75 Å². The maximum absolute atomic E-state index is 12.5. The molecule has 0 aliphatic heterocycles. The fraction of sp³-hybridized carbons (Fsp3) is 0.375. The standard InChI is InChI=1S/C8H8ClF2NO/c1-4-6(8(10)11)7(13-2)5(9)3-12-4/h3,8H,1-2H3. The van der Waals surface area contributed by atoms with E-state index in [2.05, 4.69) is 4.98 Å². The van der Waals surface area contributed by atoms with Gasteiger partial charge in [-0.1, -0.05) is 11.6 Å². The Morgan fingerprint density at radius 1 is 1.54 bits per heavy atom. The van der Waals surface area contributed by atoms with Crippen molar-refractivity contribution in [3.05, 3.63) is 22.5 Å². The molecule has 0 spiro atoms. The quantitative estimate of drug-likeness (QED) is 0.744. The molecule has 1 aromatic rings. The Morgan fingerprint density at radius 3 is 2.54 bits per heavy atom. The molecular formula is C8H8ClF2NO. The predicted molar refractivity (Wildman–Crippen MR) is 45.5 cm³/mol. The van der Waals surface area contributed by atoms with E-state index in [1.54, 1.807) is 0 Å². The summed E-state index contributed by atoms with van der Waals surface area (Å²) in [6.45, 7) is 1.49. The second-order valence-electron chi connectivity index (χ2n) is 2.44. The van der Waals surface area contributed by atoms with Gasteiger partial charge in [-0.2, -0.15) is 0 Å². The van der Waals surface area contributed by atoms with Gasteiger partial charge in [0, 0.05) is 11.9 Å². The molecular weight excluding hydrogens is 200 g/mol. The summed E-state index contributed by atoms with van der Waals surface area (Å²) in [4.78, 5) is 3.72. The fourth-order valence-corrected chi connectivity index (χ4v) is 1.27. The van der Waals surface area contributed by atoms with Gasteiger partial charge in [-0.15, -0.1) is 0 Å². The number of aryl methyl sites for hydroxylation is 1. The minimum Gasteiger partial charge on any atom is -0.495 e. The molecule has 13 heavy (non-hydrogen) atoms. The highest BCUT2D eigenvalue weighted by molar-refractivity contribution is 6.32. The molecule has 72 valence electrons. The number of halogens is 3. The molecule has 1 aromatic heterocycles. The first-order valence-corrected chi connectivity index (χ1v) is 3.92. The van der Waals surface area contributed by atoms with Crippen molar-refractivity contribution in [2.45, 2.75) is 13.3 Å². The predicted octanol–water partition coefficient (Wildman–Crippen LogP) is 2.99. The summed E-state index contributed by atoms with van der Waals surface area (Å²) < 4.78 is 29.7. The number of aromatic nitrogens is 1. The van der Waals surface area contributed by atoms with Crippen LogP contribution in [0.15, 0.2) is 6.20 Å². The number of alkyl halides is 2. The van der Waals surface area contributed by atoms with Gasteiger partial charge in [0.15, 0.2) is 0 Å². The smallest absolute Gasteiger partial charge is 0.269 e. The Bertz CT molecular complexity index is 317. The van der Waals surface area contributed by atoms with Crippen LogP contribution < -0.4 is 4.74 Å². The monoisotopic (exact) mass is 207 g/mol. The number of pyridine rings is 1. The number of rotatable bonds is 2. The summed E-state index contributed by atoms with van der Waals surface area (Å²) in [6, 6.07) is 0. The van der Waals surface area contributed by atoms with Crippen LogP contribution in [0.1, 0.15) is 17.7 Å². The Balaban J connectivity index is 3.35. The minimum absolute atomic E-state index is 0.00386. The Hall–Kier alpha value is -0.900. The molecule has 1 heterocycles. The normalized spacial score (nSPS) is 10.6. The van der Waals surface area contributed by atoms with E-state index in [4.69, 9.17) is 16.3 Å². The molecule has 0 fully saturated rings. The van der Waals surface area contributed by atoms with Crippen LogP contribution in [-0.4, -0.2) is 12.1 Å². The van der Waals surface area contributed by atoms with E-state index in [0.29, 0.717) is 0 Å². The highest BCUT2D eigenvalue weighted by Gasteiger charge is 2.20. The van der Waals surface area contributed by atoms with E-state index in [-0.39, 0.29) is 22.0 Å². The molecule has 0 saturated carbocycles. The SMILES string of the molecule is COc1c(Cl)cnc(C)c1C(F)F. The van der Waals surface area contributed by atoms with Crippen molar-refractivity contribution in [2.24, 2.45) is 0 Å². The van der Waals surface area contributed by atoms with Crippen molar-refractivity contribution >= 4 is 11.6 Å². The van der Waals surface area contributed by atoms with Gasteiger partial charge < -0.3 is 4.74 Å². The fourth-order valence-electron chi connectivity index (χ4n) is 1.04. The Labute approximate surface area is 79.5 Å². The third-order valence-corrected chi connectivity index (χ3v) is 1.91. The third-order valence-electron chi connectivity index (χ3n) is 1.65. The summed E-state index contributed by atoms with van der Waals surface area (Å²) in [5.41, 5.74) is -0.00810. The number of methoxy groups -OCH3 is 1. The zero-order chi connectivity index (χ0) is 10.0. The van der Waals surface area contributed by atoms with Crippen LogP contribution >= 0.6 is 11.6 Å². The van der Waals surface area contributed by atoms with E-state index in [1.165, 1.54) is 20.2 Å². The number of nitrogens with zero attached hydrogens (tertiary/aromatic N) is 1. The van der Waals surface area contributed by atoms with Crippen LogP contribution in [0.3, 0.4) is 0 Å². The van der Waals surface area contributed by atoms with Gasteiger partial charge in [-0.3, -0.25) is 4.98 Å². The zero-order valence-corrected chi connectivity index (χ0v) is 7.90. The molecule has 0 saturated heterocycles. The summed E-state index contributed by atoms with van der Waals surface area (Å²) in [5, 5.41) is 0.100. The van der Waals surface area contributed by atoms with Crippen LogP contribution in [0, 0.1) is 6.92 Å². The van der Waals surface area contributed by atoms with Crippen LogP contribution in [0.4, 0.5) is 8.78 Å². The van der Waals surface area contributed by atoms with Gasteiger partial charge in [0.25, 0.3) is 6.43 Å². The van der Waals surface area contributed by atoms with Gasteiger partial charge in [-0.05, 0) is 6.92 Å². The molecule has 0 radical (unpaired) electrons. The molecule has 0 aliphatic carbocycles. The van der Waals surface area contributed by atoms with E-state index in [0.717, 1.165) is 0 Å². The van der Waals surface area contributed by atoms with Gasteiger partial charge in [0.2, 0.25) is 0 Å². The highest BCUT2D eigenvalue weighted by atomic mass is 35.5. The van der Waals surface area contributed by atoms with Crippen LogP contribution in [-0.2, 0) is 0 Å². The van der Waals surface area contributed by atoms with Crippen LogP contribution in [0.25, 0.3) is 0 Å². The Morgan fingerprint density at radius 2 is 2.15 bits per heavy atom. The van der Waals surface area contributed by atoms with Crippen molar-refractivity contribution in [1.82, 2.24) is 4.98 Å². The molecule has 0 amide bonds. The molecule has 1 rings (SSSR count).